The summed E-state index contributed by atoms with van der Waals surface area (Å²) >= 11 is 0. The zero-order valence-electron chi connectivity index (χ0n) is 9.73. The molecule has 3 nitrogen and oxygen atoms in total. The Morgan fingerprint density at radius 3 is 2.62 bits per heavy atom. The molecule has 86 valence electrons. The van der Waals surface area contributed by atoms with Crippen molar-refractivity contribution in [2.45, 2.75) is 44.4 Å². The van der Waals surface area contributed by atoms with Gasteiger partial charge < -0.3 is 5.11 Å². The maximum absolute atomic E-state index is 11.3. The first-order valence-corrected chi connectivity index (χ1v) is 5.76. The third-order valence-electron chi connectivity index (χ3n) is 3.56. The maximum atomic E-state index is 11.3. The number of rotatable bonds is 3. The Morgan fingerprint density at radius 1 is 1.50 bits per heavy atom. The van der Waals surface area contributed by atoms with Crippen LogP contribution in [0, 0.1) is 0 Å². The van der Waals surface area contributed by atoms with Gasteiger partial charge in [-0.1, -0.05) is 20.3 Å². The second-order valence-corrected chi connectivity index (χ2v) is 4.87. The van der Waals surface area contributed by atoms with Crippen molar-refractivity contribution in [3.05, 3.63) is 29.6 Å². The molecule has 1 aliphatic rings. The molecule has 0 spiro atoms. The number of aromatic nitrogens is 1. The molecular weight excluding hydrogens is 202 g/mol. The lowest BCUT2D eigenvalue weighted by Gasteiger charge is -2.37. The number of hydrogen-bond acceptors (Lipinski definition) is 2. The van der Waals surface area contributed by atoms with Crippen LogP contribution in [0.4, 0.5) is 0 Å². The third kappa shape index (κ3) is 1.60. The van der Waals surface area contributed by atoms with Gasteiger partial charge >= 0.3 is 5.97 Å². The molecule has 0 amide bonds. The highest BCUT2D eigenvalue weighted by Crippen LogP contribution is 2.43. The van der Waals surface area contributed by atoms with E-state index >= 15 is 0 Å². The van der Waals surface area contributed by atoms with E-state index in [0.29, 0.717) is 5.92 Å². The fraction of sp³-hybridized carbons (Fsp3) is 0.538. The first kappa shape index (κ1) is 11.1. The van der Waals surface area contributed by atoms with Crippen molar-refractivity contribution >= 4 is 5.97 Å². The molecule has 0 aromatic carbocycles. The minimum atomic E-state index is -0.729. The standard InChI is InChI=1S/C13H17NO2/c1-9(2)10-4-7-14-11(8-10)13(12(15)16)5-3-6-13/h4,7-9H,3,5-6H2,1-2H3,(H,15,16). The van der Waals surface area contributed by atoms with Gasteiger partial charge in [0.25, 0.3) is 0 Å². The first-order valence-electron chi connectivity index (χ1n) is 5.76. The molecule has 0 radical (unpaired) electrons. The third-order valence-corrected chi connectivity index (χ3v) is 3.56. The Kier molecular flexibility index (Phi) is 2.70. The highest BCUT2D eigenvalue weighted by atomic mass is 16.4. The average molecular weight is 219 g/mol. The summed E-state index contributed by atoms with van der Waals surface area (Å²) in [4.78, 5) is 15.6. The van der Waals surface area contributed by atoms with E-state index in [2.05, 4.69) is 18.8 Å². The minimum Gasteiger partial charge on any atom is -0.481 e. The van der Waals surface area contributed by atoms with E-state index in [9.17, 15) is 9.90 Å². The molecule has 0 bridgehead atoms. The van der Waals surface area contributed by atoms with E-state index in [4.69, 9.17) is 0 Å². The van der Waals surface area contributed by atoms with Crippen LogP contribution in [0.5, 0.6) is 0 Å². The van der Waals surface area contributed by atoms with Gasteiger partial charge in [-0.05, 0) is 36.5 Å². The van der Waals surface area contributed by atoms with Gasteiger partial charge in [0, 0.05) is 6.20 Å². The summed E-state index contributed by atoms with van der Waals surface area (Å²) in [6, 6.07) is 3.92. The molecular formula is C13H17NO2. The number of carboxylic acid groups (broad SMARTS) is 1. The van der Waals surface area contributed by atoms with Crippen LogP contribution < -0.4 is 0 Å². The van der Waals surface area contributed by atoms with Crippen molar-refractivity contribution in [1.82, 2.24) is 4.98 Å². The summed E-state index contributed by atoms with van der Waals surface area (Å²) in [7, 11) is 0. The number of carboxylic acids is 1. The number of aliphatic carboxylic acids is 1. The molecule has 1 aliphatic carbocycles. The molecule has 0 saturated heterocycles. The summed E-state index contributed by atoms with van der Waals surface area (Å²) in [5, 5.41) is 9.33. The molecule has 16 heavy (non-hydrogen) atoms. The Labute approximate surface area is 95.5 Å². The van der Waals surface area contributed by atoms with Crippen LogP contribution in [0.1, 0.15) is 50.3 Å². The van der Waals surface area contributed by atoms with E-state index in [0.717, 1.165) is 30.5 Å². The molecule has 0 unspecified atom stereocenters. The second kappa shape index (κ2) is 3.89. The van der Waals surface area contributed by atoms with E-state index < -0.39 is 11.4 Å². The summed E-state index contributed by atoms with van der Waals surface area (Å²) in [5.74, 6) is -0.320. The molecule has 0 aliphatic heterocycles. The largest absolute Gasteiger partial charge is 0.481 e. The maximum Gasteiger partial charge on any atom is 0.315 e. The van der Waals surface area contributed by atoms with Gasteiger partial charge in [-0.3, -0.25) is 9.78 Å². The SMILES string of the molecule is CC(C)c1ccnc(C2(C(=O)O)CCC2)c1. The molecule has 1 fully saturated rings. The van der Waals surface area contributed by atoms with Gasteiger partial charge in [0.05, 0.1) is 5.69 Å². The molecule has 2 rings (SSSR count). The Morgan fingerprint density at radius 2 is 2.19 bits per heavy atom. The minimum absolute atomic E-state index is 0.410. The normalized spacial score (nSPS) is 18.2. The predicted molar refractivity (Wildman–Crippen MR) is 61.5 cm³/mol. The number of pyridine rings is 1. The van der Waals surface area contributed by atoms with Crippen molar-refractivity contribution in [3.8, 4) is 0 Å². The summed E-state index contributed by atoms with van der Waals surface area (Å²) in [6.45, 7) is 4.21. The van der Waals surface area contributed by atoms with Crippen LogP contribution >= 0.6 is 0 Å². The molecule has 1 saturated carbocycles. The Hall–Kier alpha value is -1.38. The average Bonchev–Trinajstić information content (AvgIpc) is 2.15. The number of carbonyl (C=O) groups is 1. The molecule has 1 N–H and O–H groups in total. The van der Waals surface area contributed by atoms with Gasteiger partial charge in [-0.2, -0.15) is 0 Å². The van der Waals surface area contributed by atoms with Gasteiger partial charge in [-0.15, -0.1) is 0 Å². The smallest absolute Gasteiger partial charge is 0.315 e. The van der Waals surface area contributed by atoms with E-state index in [1.54, 1.807) is 6.20 Å². The zero-order chi connectivity index (χ0) is 11.8. The van der Waals surface area contributed by atoms with Gasteiger partial charge in [0.1, 0.15) is 5.41 Å². The van der Waals surface area contributed by atoms with Crippen molar-refractivity contribution in [1.29, 1.82) is 0 Å². The lowest BCUT2D eigenvalue weighted by molar-refractivity contribution is -0.147. The van der Waals surface area contributed by atoms with Crippen molar-refractivity contribution in [2.75, 3.05) is 0 Å². The second-order valence-electron chi connectivity index (χ2n) is 4.87. The number of nitrogens with zero attached hydrogens (tertiary/aromatic N) is 1. The predicted octanol–water partition coefficient (Wildman–Crippen LogP) is 2.71. The van der Waals surface area contributed by atoms with Gasteiger partial charge in [0.2, 0.25) is 0 Å². The van der Waals surface area contributed by atoms with Crippen LogP contribution in [0.25, 0.3) is 0 Å². The lowest BCUT2D eigenvalue weighted by Crippen LogP contribution is -2.43. The quantitative estimate of drug-likeness (QED) is 0.850. The zero-order valence-corrected chi connectivity index (χ0v) is 9.73. The van der Waals surface area contributed by atoms with Crippen LogP contribution in [0.15, 0.2) is 18.3 Å². The topological polar surface area (TPSA) is 50.2 Å². The van der Waals surface area contributed by atoms with Gasteiger partial charge in [0.15, 0.2) is 0 Å². The van der Waals surface area contributed by atoms with E-state index in [-0.39, 0.29) is 0 Å². The Balaban J connectivity index is 2.39. The molecule has 3 heteroatoms. The first-order chi connectivity index (χ1) is 7.56. The van der Waals surface area contributed by atoms with E-state index in [1.807, 2.05) is 12.1 Å². The summed E-state index contributed by atoms with van der Waals surface area (Å²) in [6.07, 6.45) is 4.15. The lowest BCUT2D eigenvalue weighted by atomic mass is 9.66. The van der Waals surface area contributed by atoms with Crippen molar-refractivity contribution in [3.63, 3.8) is 0 Å². The van der Waals surface area contributed by atoms with Crippen molar-refractivity contribution < 1.29 is 9.90 Å². The van der Waals surface area contributed by atoms with Crippen LogP contribution in [0.3, 0.4) is 0 Å². The summed E-state index contributed by atoms with van der Waals surface area (Å²) < 4.78 is 0. The summed E-state index contributed by atoms with van der Waals surface area (Å²) in [5.41, 5.74) is 1.19. The number of hydrogen-bond donors (Lipinski definition) is 1. The Bertz CT molecular complexity index is 408. The van der Waals surface area contributed by atoms with Crippen LogP contribution in [-0.2, 0) is 10.2 Å². The highest BCUT2D eigenvalue weighted by Gasteiger charge is 2.47. The van der Waals surface area contributed by atoms with E-state index in [1.165, 1.54) is 0 Å². The fourth-order valence-corrected chi connectivity index (χ4v) is 2.18. The molecule has 1 aromatic rings. The molecule has 1 aromatic heterocycles. The monoisotopic (exact) mass is 219 g/mol. The molecule has 0 atom stereocenters. The highest BCUT2D eigenvalue weighted by molar-refractivity contribution is 5.81. The van der Waals surface area contributed by atoms with Crippen LogP contribution in [0.2, 0.25) is 0 Å². The van der Waals surface area contributed by atoms with Crippen molar-refractivity contribution in [2.24, 2.45) is 0 Å². The molecule has 1 heterocycles. The van der Waals surface area contributed by atoms with Gasteiger partial charge in [-0.25, -0.2) is 0 Å². The fourth-order valence-electron chi connectivity index (χ4n) is 2.18. The van der Waals surface area contributed by atoms with Crippen LogP contribution in [-0.4, -0.2) is 16.1 Å².